The molecule has 5 heteroatoms. The number of nitrogens with one attached hydrogen (secondary N) is 1. The van der Waals surface area contributed by atoms with E-state index < -0.39 is 5.82 Å². The summed E-state index contributed by atoms with van der Waals surface area (Å²) in [5.41, 5.74) is 6.44. The Morgan fingerprint density at radius 3 is 2.64 bits per heavy atom. The molecule has 2 bridgehead atoms. The minimum Gasteiger partial charge on any atom is -0.497 e. The monoisotopic (exact) mass is 306 g/mol. The molecule has 0 spiro atoms. The number of hydrogen-bond acceptors (Lipinski definition) is 3. The second kappa shape index (κ2) is 6.24. The molecule has 1 amide bonds. The Labute approximate surface area is 130 Å². The van der Waals surface area contributed by atoms with Crippen LogP contribution in [-0.4, -0.2) is 19.1 Å². The van der Waals surface area contributed by atoms with Crippen molar-refractivity contribution in [3.63, 3.8) is 0 Å². The van der Waals surface area contributed by atoms with Crippen molar-refractivity contribution in [2.75, 3.05) is 12.4 Å². The number of halogens is 1. The lowest BCUT2D eigenvalue weighted by atomic mass is 9.65. The third-order valence-corrected chi connectivity index (χ3v) is 5.22. The van der Waals surface area contributed by atoms with Gasteiger partial charge in [0, 0.05) is 18.0 Å². The molecule has 2 saturated carbocycles. The molecule has 0 radical (unpaired) electrons. The third-order valence-electron chi connectivity index (χ3n) is 5.22. The molecule has 2 fully saturated rings. The second-order valence-corrected chi connectivity index (χ2v) is 6.53. The van der Waals surface area contributed by atoms with E-state index in [1.165, 1.54) is 31.7 Å². The smallest absolute Gasteiger partial charge is 0.227 e. The zero-order chi connectivity index (χ0) is 15.7. The van der Waals surface area contributed by atoms with Crippen molar-refractivity contribution in [1.82, 2.24) is 0 Å². The van der Waals surface area contributed by atoms with Crippen molar-refractivity contribution in [2.24, 2.45) is 23.5 Å². The standard InChI is InChI=1S/C17H23FN2O2/c1-22-13-5-6-14(18)15(9-13)20-17(21)12-7-10-3-2-4-11(8-12)16(10)19/h5-6,9-12,16H,2-4,7-8,19H2,1H3,(H,20,21). The third kappa shape index (κ3) is 2.95. The second-order valence-electron chi connectivity index (χ2n) is 6.53. The summed E-state index contributed by atoms with van der Waals surface area (Å²) in [5.74, 6) is 0.773. The average Bonchev–Trinajstić information content (AvgIpc) is 2.49. The van der Waals surface area contributed by atoms with Crippen LogP contribution in [0.5, 0.6) is 5.75 Å². The van der Waals surface area contributed by atoms with E-state index in [-0.39, 0.29) is 23.6 Å². The number of hydrogen-bond donors (Lipinski definition) is 2. The Morgan fingerprint density at radius 2 is 2.00 bits per heavy atom. The van der Waals surface area contributed by atoms with Gasteiger partial charge in [-0.3, -0.25) is 4.79 Å². The summed E-state index contributed by atoms with van der Waals surface area (Å²) in [5, 5.41) is 2.72. The number of rotatable bonds is 3. The molecule has 0 heterocycles. The molecule has 1 aromatic rings. The quantitative estimate of drug-likeness (QED) is 0.902. The molecule has 3 N–H and O–H groups in total. The number of ether oxygens (including phenoxy) is 1. The van der Waals surface area contributed by atoms with E-state index in [9.17, 15) is 9.18 Å². The summed E-state index contributed by atoms with van der Waals surface area (Å²) in [4.78, 5) is 12.5. The molecule has 0 aromatic heterocycles. The van der Waals surface area contributed by atoms with Gasteiger partial charge in [0.2, 0.25) is 5.91 Å². The largest absolute Gasteiger partial charge is 0.497 e. The minimum atomic E-state index is -0.443. The normalized spacial score (nSPS) is 30.7. The van der Waals surface area contributed by atoms with Gasteiger partial charge in [-0.15, -0.1) is 0 Å². The Hall–Kier alpha value is -1.62. The van der Waals surface area contributed by atoms with E-state index in [1.54, 1.807) is 0 Å². The predicted molar refractivity (Wildman–Crippen MR) is 83.1 cm³/mol. The van der Waals surface area contributed by atoms with Gasteiger partial charge < -0.3 is 15.8 Å². The Kier molecular flexibility index (Phi) is 4.34. The van der Waals surface area contributed by atoms with E-state index in [0.717, 1.165) is 25.7 Å². The van der Waals surface area contributed by atoms with Gasteiger partial charge in [-0.05, 0) is 49.7 Å². The van der Waals surface area contributed by atoms with Gasteiger partial charge in [0.1, 0.15) is 11.6 Å². The lowest BCUT2D eigenvalue weighted by Crippen LogP contribution is -2.48. The van der Waals surface area contributed by atoms with E-state index in [0.29, 0.717) is 17.6 Å². The predicted octanol–water partition coefficient (Wildman–Crippen LogP) is 2.93. The molecule has 0 aliphatic heterocycles. The van der Waals surface area contributed by atoms with Gasteiger partial charge >= 0.3 is 0 Å². The zero-order valence-corrected chi connectivity index (χ0v) is 12.8. The first-order valence-electron chi connectivity index (χ1n) is 7.98. The van der Waals surface area contributed by atoms with E-state index in [2.05, 4.69) is 5.32 Å². The van der Waals surface area contributed by atoms with Gasteiger partial charge in [0.05, 0.1) is 12.8 Å². The number of anilines is 1. The van der Waals surface area contributed by atoms with Crippen molar-refractivity contribution in [2.45, 2.75) is 38.1 Å². The lowest BCUT2D eigenvalue weighted by molar-refractivity contribution is -0.122. The Bertz CT molecular complexity index is 550. The molecule has 2 aliphatic carbocycles. The first-order chi connectivity index (χ1) is 10.6. The van der Waals surface area contributed by atoms with Crippen LogP contribution in [0.15, 0.2) is 18.2 Å². The van der Waals surface area contributed by atoms with Crippen LogP contribution >= 0.6 is 0 Å². The first-order valence-corrected chi connectivity index (χ1v) is 7.98. The van der Waals surface area contributed by atoms with Gasteiger partial charge in [-0.2, -0.15) is 0 Å². The van der Waals surface area contributed by atoms with Crippen LogP contribution in [0.25, 0.3) is 0 Å². The maximum Gasteiger partial charge on any atom is 0.227 e. The number of methoxy groups -OCH3 is 1. The van der Waals surface area contributed by atoms with Gasteiger partial charge in [-0.1, -0.05) is 6.42 Å². The topological polar surface area (TPSA) is 64.3 Å². The summed E-state index contributed by atoms with van der Waals surface area (Å²) in [6, 6.07) is 4.59. The van der Waals surface area contributed by atoms with Crippen LogP contribution in [0.4, 0.5) is 10.1 Å². The molecule has 2 atom stereocenters. The first kappa shape index (κ1) is 15.3. The van der Waals surface area contributed by atoms with Gasteiger partial charge in [0.15, 0.2) is 0 Å². The maximum atomic E-state index is 13.8. The highest BCUT2D eigenvalue weighted by Gasteiger charge is 2.40. The average molecular weight is 306 g/mol. The fraction of sp³-hybridized carbons (Fsp3) is 0.588. The molecular weight excluding hydrogens is 283 g/mol. The van der Waals surface area contributed by atoms with E-state index in [1.807, 2.05) is 0 Å². The van der Waals surface area contributed by atoms with Crippen LogP contribution < -0.4 is 15.8 Å². The Balaban J connectivity index is 1.70. The minimum absolute atomic E-state index is 0.0688. The van der Waals surface area contributed by atoms with Crippen LogP contribution in [0, 0.1) is 23.6 Å². The number of fused-ring (bicyclic) bond motifs is 2. The molecule has 22 heavy (non-hydrogen) atoms. The molecule has 4 nitrogen and oxygen atoms in total. The molecular formula is C17H23FN2O2. The summed E-state index contributed by atoms with van der Waals surface area (Å²) in [6.07, 6.45) is 5.05. The fourth-order valence-electron chi connectivity index (χ4n) is 3.97. The number of carbonyl (C=O) groups is 1. The molecule has 2 unspecified atom stereocenters. The van der Waals surface area contributed by atoms with E-state index >= 15 is 0 Å². The van der Waals surface area contributed by atoms with E-state index in [4.69, 9.17) is 10.5 Å². The molecule has 2 aliphatic rings. The fourth-order valence-corrected chi connectivity index (χ4v) is 3.97. The number of nitrogens with two attached hydrogens (primary N) is 1. The summed E-state index contributed by atoms with van der Waals surface area (Å²) < 4.78 is 18.9. The summed E-state index contributed by atoms with van der Waals surface area (Å²) in [6.45, 7) is 0. The lowest BCUT2D eigenvalue weighted by Gasteiger charge is -2.43. The van der Waals surface area contributed by atoms with Crippen molar-refractivity contribution >= 4 is 11.6 Å². The number of benzene rings is 1. The van der Waals surface area contributed by atoms with Crippen molar-refractivity contribution < 1.29 is 13.9 Å². The zero-order valence-electron chi connectivity index (χ0n) is 12.8. The molecule has 3 rings (SSSR count). The van der Waals surface area contributed by atoms with Crippen LogP contribution in [0.2, 0.25) is 0 Å². The SMILES string of the molecule is COc1ccc(F)c(NC(=O)C2CC3CCCC(C2)C3N)c1. The molecule has 0 saturated heterocycles. The van der Waals surface area contributed by atoms with Crippen LogP contribution in [0.1, 0.15) is 32.1 Å². The highest BCUT2D eigenvalue weighted by molar-refractivity contribution is 5.93. The molecule has 120 valence electrons. The van der Waals surface area contributed by atoms with Crippen LogP contribution in [0.3, 0.4) is 0 Å². The Morgan fingerprint density at radius 1 is 1.32 bits per heavy atom. The van der Waals surface area contributed by atoms with Crippen molar-refractivity contribution in [1.29, 1.82) is 0 Å². The highest BCUT2D eigenvalue weighted by atomic mass is 19.1. The van der Waals surface area contributed by atoms with Crippen molar-refractivity contribution in [3.05, 3.63) is 24.0 Å². The summed E-state index contributed by atoms with van der Waals surface area (Å²) >= 11 is 0. The number of carbonyl (C=O) groups excluding carboxylic acids is 1. The number of amides is 1. The van der Waals surface area contributed by atoms with Crippen LogP contribution in [-0.2, 0) is 4.79 Å². The molecule has 1 aromatic carbocycles. The van der Waals surface area contributed by atoms with Gasteiger partial charge in [-0.25, -0.2) is 4.39 Å². The van der Waals surface area contributed by atoms with Crippen molar-refractivity contribution in [3.8, 4) is 5.75 Å². The van der Waals surface area contributed by atoms with Gasteiger partial charge in [0.25, 0.3) is 0 Å². The summed E-state index contributed by atoms with van der Waals surface area (Å²) in [7, 11) is 1.52. The maximum absolute atomic E-state index is 13.8. The highest BCUT2D eigenvalue weighted by Crippen LogP contribution is 2.42.